The number of rotatable bonds is 4. The number of carbonyl (C=O) groups is 1. The second-order valence-electron chi connectivity index (χ2n) is 3.77. The molecule has 2 N–H and O–H groups in total. The summed E-state index contributed by atoms with van der Waals surface area (Å²) in [7, 11) is -5.64. The second kappa shape index (κ2) is 5.90. The molecule has 0 aliphatic heterocycles. The molecule has 0 fully saturated rings. The van der Waals surface area contributed by atoms with E-state index in [0.29, 0.717) is 17.8 Å². The zero-order valence-electron chi connectivity index (χ0n) is 10.4. The van der Waals surface area contributed by atoms with Crippen LogP contribution in [0.1, 0.15) is 11.1 Å². The zero-order valence-corrected chi connectivity index (χ0v) is 12.1. The molecule has 0 atom stereocenters. The number of hydrogen-bond donors (Lipinski definition) is 1. The van der Waals surface area contributed by atoms with Gasteiger partial charge in [0.25, 0.3) is 9.84 Å². The van der Waals surface area contributed by atoms with Crippen molar-refractivity contribution >= 4 is 27.5 Å². The van der Waals surface area contributed by atoms with E-state index in [1.807, 2.05) is 0 Å². The third kappa shape index (κ3) is 3.64. The average molecular weight is 339 g/mol. The molecule has 0 spiro atoms. The molecule has 0 radical (unpaired) electrons. The van der Waals surface area contributed by atoms with Gasteiger partial charge < -0.3 is 5.73 Å². The molecule has 0 saturated carbocycles. The average Bonchev–Trinajstić information content (AvgIpc) is 2.34. The second-order valence-corrected chi connectivity index (χ2v) is 6.63. The number of nitrogens with two attached hydrogens (primary N) is 1. The van der Waals surface area contributed by atoms with E-state index in [1.54, 1.807) is 6.07 Å². The maximum Gasteiger partial charge on any atom is 0.503 e. The Kier molecular flexibility index (Phi) is 4.85. The molecule has 0 aromatic carbocycles. The monoisotopic (exact) mass is 339 g/mol. The zero-order chi connectivity index (χ0) is 16.4. The Hall–Kier alpha value is -1.80. The van der Waals surface area contributed by atoms with Gasteiger partial charge in [0.05, 0.1) is 11.3 Å². The van der Waals surface area contributed by atoms with E-state index in [0.717, 1.165) is 0 Å². The van der Waals surface area contributed by atoms with Gasteiger partial charge in [0, 0.05) is 0 Å². The van der Waals surface area contributed by atoms with Gasteiger partial charge in [-0.25, -0.2) is 13.4 Å². The Balaban J connectivity index is 3.46. The smallest absolute Gasteiger partial charge is 0.369 e. The van der Waals surface area contributed by atoms with E-state index >= 15 is 0 Å². The van der Waals surface area contributed by atoms with Crippen LogP contribution in [-0.4, -0.2) is 30.6 Å². The standard InChI is InChI=1S/C10H8F3N3O3S2/c1-5-2-8(21(18,19)10(11,12)13)16-9(6(5)3-14)20-4-7(15)17/h2H,4H2,1H3,(H2,15,17). The molecule has 11 heteroatoms. The fourth-order valence-corrected chi connectivity index (χ4v) is 2.88. The van der Waals surface area contributed by atoms with E-state index in [1.165, 1.54) is 6.92 Å². The minimum Gasteiger partial charge on any atom is -0.369 e. The SMILES string of the molecule is Cc1cc(S(=O)(=O)C(F)(F)F)nc(SCC(N)=O)c1C#N. The predicted octanol–water partition coefficient (Wildman–Crippen LogP) is 1.13. The lowest BCUT2D eigenvalue weighted by Crippen LogP contribution is -2.24. The van der Waals surface area contributed by atoms with Crippen LogP contribution in [0.15, 0.2) is 16.1 Å². The molecule has 1 amide bonds. The molecule has 1 rings (SSSR count). The molecule has 0 saturated heterocycles. The summed E-state index contributed by atoms with van der Waals surface area (Å²) in [5.41, 5.74) is -0.720. The Labute approximate surface area is 122 Å². The number of halogens is 3. The predicted molar refractivity (Wildman–Crippen MR) is 66.8 cm³/mol. The number of alkyl halides is 3. The van der Waals surface area contributed by atoms with Crippen molar-refractivity contribution in [3.63, 3.8) is 0 Å². The van der Waals surface area contributed by atoms with Crippen molar-refractivity contribution in [3.05, 3.63) is 17.2 Å². The van der Waals surface area contributed by atoms with E-state index in [9.17, 15) is 26.4 Å². The molecular formula is C10H8F3N3O3S2. The van der Waals surface area contributed by atoms with Gasteiger partial charge in [-0.3, -0.25) is 4.79 Å². The number of nitrogens with zero attached hydrogens (tertiary/aromatic N) is 2. The Morgan fingerprint density at radius 3 is 2.52 bits per heavy atom. The Morgan fingerprint density at radius 1 is 1.52 bits per heavy atom. The van der Waals surface area contributed by atoms with E-state index < -0.39 is 26.3 Å². The molecule has 6 nitrogen and oxygen atoms in total. The van der Waals surface area contributed by atoms with Crippen molar-refractivity contribution in [1.82, 2.24) is 4.98 Å². The largest absolute Gasteiger partial charge is 0.503 e. The molecule has 0 unspecified atom stereocenters. The number of primary amides is 1. The van der Waals surface area contributed by atoms with Crippen LogP contribution in [0.4, 0.5) is 13.2 Å². The van der Waals surface area contributed by atoms with Gasteiger partial charge in [-0.15, -0.1) is 0 Å². The van der Waals surface area contributed by atoms with E-state index in [-0.39, 0.29) is 21.9 Å². The van der Waals surface area contributed by atoms with Crippen molar-refractivity contribution in [2.45, 2.75) is 22.5 Å². The van der Waals surface area contributed by atoms with Gasteiger partial charge in [-0.1, -0.05) is 11.8 Å². The van der Waals surface area contributed by atoms with Gasteiger partial charge in [0.2, 0.25) is 5.91 Å². The quantitative estimate of drug-likeness (QED) is 0.823. The summed E-state index contributed by atoms with van der Waals surface area (Å²) in [6, 6.07) is 2.36. The molecule has 0 aliphatic carbocycles. The minimum atomic E-state index is -5.64. The van der Waals surface area contributed by atoms with Crippen molar-refractivity contribution in [2.75, 3.05) is 5.75 Å². The van der Waals surface area contributed by atoms with Gasteiger partial charge in [-0.2, -0.15) is 18.4 Å². The normalized spacial score (nSPS) is 12.0. The third-order valence-corrected chi connectivity index (χ3v) is 4.57. The Morgan fingerprint density at radius 2 is 2.10 bits per heavy atom. The molecule has 1 heterocycles. The van der Waals surface area contributed by atoms with Gasteiger partial charge in [0.1, 0.15) is 11.1 Å². The first-order chi connectivity index (χ1) is 9.50. The van der Waals surface area contributed by atoms with Crippen LogP contribution in [0.5, 0.6) is 0 Å². The minimum absolute atomic E-state index is 0.00213. The highest BCUT2D eigenvalue weighted by Crippen LogP contribution is 2.32. The Bertz CT molecular complexity index is 724. The van der Waals surface area contributed by atoms with Crippen LogP contribution < -0.4 is 5.73 Å². The van der Waals surface area contributed by atoms with Crippen molar-refractivity contribution in [2.24, 2.45) is 5.73 Å². The van der Waals surface area contributed by atoms with Crippen LogP contribution in [0.3, 0.4) is 0 Å². The van der Waals surface area contributed by atoms with Gasteiger partial charge >= 0.3 is 5.51 Å². The lowest BCUT2D eigenvalue weighted by Gasteiger charge is -2.11. The van der Waals surface area contributed by atoms with Crippen LogP contribution in [0.2, 0.25) is 0 Å². The number of hydrogen-bond acceptors (Lipinski definition) is 6. The summed E-state index contributed by atoms with van der Waals surface area (Å²) in [6.07, 6.45) is 0. The van der Waals surface area contributed by atoms with Crippen LogP contribution in [-0.2, 0) is 14.6 Å². The summed E-state index contributed by atoms with van der Waals surface area (Å²) in [5.74, 6) is -1.14. The molecular weight excluding hydrogens is 331 g/mol. The fraction of sp³-hybridized carbons (Fsp3) is 0.300. The maximum atomic E-state index is 12.5. The summed E-state index contributed by atoms with van der Waals surface area (Å²) in [6.45, 7) is 1.27. The number of nitriles is 1. The number of sulfone groups is 1. The topological polar surface area (TPSA) is 114 Å². The molecule has 0 aliphatic rings. The number of aromatic nitrogens is 1. The number of pyridine rings is 1. The maximum absolute atomic E-state index is 12.5. The highest BCUT2D eigenvalue weighted by atomic mass is 32.2. The third-order valence-electron chi connectivity index (χ3n) is 2.20. The first-order valence-electron chi connectivity index (χ1n) is 5.15. The fourth-order valence-electron chi connectivity index (χ4n) is 1.25. The summed E-state index contributed by atoms with van der Waals surface area (Å²) in [5, 5.41) is 7.41. The summed E-state index contributed by atoms with van der Waals surface area (Å²) in [4.78, 5) is 14.0. The summed E-state index contributed by atoms with van der Waals surface area (Å²) < 4.78 is 60.2. The highest BCUT2D eigenvalue weighted by molar-refractivity contribution is 8.00. The number of carbonyl (C=O) groups excluding carboxylic acids is 1. The van der Waals surface area contributed by atoms with E-state index in [4.69, 9.17) is 11.0 Å². The van der Waals surface area contributed by atoms with Crippen LogP contribution >= 0.6 is 11.8 Å². The van der Waals surface area contributed by atoms with Gasteiger partial charge in [0.15, 0.2) is 5.03 Å². The first-order valence-corrected chi connectivity index (χ1v) is 7.61. The van der Waals surface area contributed by atoms with Crippen LogP contribution in [0, 0.1) is 18.3 Å². The van der Waals surface area contributed by atoms with Crippen molar-refractivity contribution in [1.29, 1.82) is 5.26 Å². The van der Waals surface area contributed by atoms with Crippen LogP contribution in [0.25, 0.3) is 0 Å². The molecule has 114 valence electrons. The van der Waals surface area contributed by atoms with Crippen molar-refractivity contribution in [3.8, 4) is 6.07 Å². The molecule has 21 heavy (non-hydrogen) atoms. The summed E-state index contributed by atoms with van der Waals surface area (Å²) >= 11 is 0.595. The number of amides is 1. The lowest BCUT2D eigenvalue weighted by molar-refractivity contribution is -0.115. The van der Waals surface area contributed by atoms with Crippen molar-refractivity contribution < 1.29 is 26.4 Å². The molecule has 1 aromatic rings. The van der Waals surface area contributed by atoms with Gasteiger partial charge in [-0.05, 0) is 18.6 Å². The molecule has 1 aromatic heterocycles. The highest BCUT2D eigenvalue weighted by Gasteiger charge is 2.48. The number of thioether (sulfide) groups is 1. The lowest BCUT2D eigenvalue weighted by atomic mass is 10.2. The van der Waals surface area contributed by atoms with E-state index in [2.05, 4.69) is 4.98 Å². The first kappa shape index (κ1) is 17.3. The molecule has 0 bridgehead atoms. The number of aryl methyl sites for hydroxylation is 1.